The van der Waals surface area contributed by atoms with Crippen molar-refractivity contribution >= 4 is 34.8 Å². The molecule has 0 aromatic carbocycles. The Morgan fingerprint density at radius 2 is 1.75 bits per heavy atom. The van der Waals surface area contributed by atoms with E-state index in [0.29, 0.717) is 17.9 Å². The van der Waals surface area contributed by atoms with E-state index in [1.165, 1.54) is 6.42 Å². The molecule has 0 aromatic heterocycles. The lowest BCUT2D eigenvalue weighted by Gasteiger charge is -2.47. The Morgan fingerprint density at radius 1 is 0.938 bits per heavy atom. The van der Waals surface area contributed by atoms with Gasteiger partial charge in [0.1, 0.15) is 5.60 Å². The van der Waals surface area contributed by atoms with Crippen LogP contribution in [0.2, 0.25) is 0 Å². The molecule has 4 bridgehead atoms. The normalized spacial score (nSPS) is 79.3. The first-order chi connectivity index (χ1) is 7.57. The highest BCUT2D eigenvalue weighted by Crippen LogP contribution is 2.92. The molecule has 5 aliphatic carbocycles. The molecule has 2 aliphatic heterocycles. The highest BCUT2D eigenvalue weighted by molar-refractivity contribution is 6.68. The van der Waals surface area contributed by atoms with Gasteiger partial charge in [-0.3, -0.25) is 0 Å². The number of alkyl halides is 3. The molecule has 7 aliphatic rings. The molecule has 4 heteroatoms. The number of hydrogen-bond acceptors (Lipinski definition) is 1. The maximum absolute atomic E-state index is 6.32. The fraction of sp³-hybridized carbons (Fsp3) is 1.00. The van der Waals surface area contributed by atoms with Crippen LogP contribution >= 0.6 is 34.8 Å². The molecule has 0 amide bonds. The highest BCUT2D eigenvalue weighted by Gasteiger charge is 2.95. The third-order valence-corrected chi connectivity index (χ3v) is 8.03. The number of rotatable bonds is 0. The molecule has 0 N–H and O–H groups in total. The first kappa shape index (κ1) is 8.85. The molecule has 2 unspecified atom stereocenters. The zero-order valence-electron chi connectivity index (χ0n) is 8.45. The lowest BCUT2D eigenvalue weighted by atomic mass is 9.57. The largest absolute Gasteiger partial charge is 0.366 e. The quantitative estimate of drug-likeness (QED) is 0.619. The van der Waals surface area contributed by atoms with E-state index >= 15 is 0 Å². The Kier molecular flexibility index (Phi) is 1.10. The van der Waals surface area contributed by atoms with Gasteiger partial charge < -0.3 is 4.74 Å². The van der Waals surface area contributed by atoms with Gasteiger partial charge in [-0.2, -0.15) is 0 Å². The minimum Gasteiger partial charge on any atom is -0.366 e. The third kappa shape index (κ3) is 0.507. The number of halogens is 3. The smallest absolute Gasteiger partial charge is 0.219 e. The topological polar surface area (TPSA) is 9.23 Å². The Morgan fingerprint density at radius 3 is 2.50 bits per heavy atom. The number of hydrogen-bond donors (Lipinski definition) is 0. The van der Waals surface area contributed by atoms with Crippen molar-refractivity contribution in [3.8, 4) is 0 Å². The maximum atomic E-state index is 6.32. The number of ether oxygens (including phenoxy) is 1. The van der Waals surface area contributed by atoms with E-state index in [1.807, 2.05) is 0 Å². The Labute approximate surface area is 109 Å². The van der Waals surface area contributed by atoms with E-state index in [-0.39, 0.29) is 5.60 Å². The predicted molar refractivity (Wildman–Crippen MR) is 60.4 cm³/mol. The van der Waals surface area contributed by atoms with E-state index in [1.54, 1.807) is 0 Å². The summed E-state index contributed by atoms with van der Waals surface area (Å²) in [7, 11) is 0. The fourth-order valence-corrected chi connectivity index (χ4v) is 8.35. The van der Waals surface area contributed by atoms with Crippen molar-refractivity contribution in [3.05, 3.63) is 0 Å². The van der Waals surface area contributed by atoms with Crippen molar-refractivity contribution in [3.63, 3.8) is 0 Å². The minimum absolute atomic E-state index is 0.380. The summed E-state index contributed by atoms with van der Waals surface area (Å²) in [4.78, 5) is 0. The minimum atomic E-state index is -1.21. The predicted octanol–water partition coefficient (Wildman–Crippen LogP) is 2.88. The first-order valence-electron chi connectivity index (χ1n) is 6.32. The summed E-state index contributed by atoms with van der Waals surface area (Å²) < 4.78 is 5.12. The van der Waals surface area contributed by atoms with Crippen molar-refractivity contribution in [2.24, 2.45) is 47.3 Å². The van der Waals surface area contributed by atoms with Gasteiger partial charge in [0.2, 0.25) is 3.79 Å². The van der Waals surface area contributed by atoms with Crippen LogP contribution in [0.4, 0.5) is 0 Å². The molecule has 16 heavy (non-hydrogen) atoms. The highest BCUT2D eigenvalue weighted by atomic mass is 35.6. The summed E-state index contributed by atoms with van der Waals surface area (Å²) in [5, 5.41) is 0. The van der Waals surface area contributed by atoms with Crippen molar-refractivity contribution in [1.29, 1.82) is 0 Å². The van der Waals surface area contributed by atoms with Crippen LogP contribution in [0.3, 0.4) is 0 Å². The van der Waals surface area contributed by atoms with Crippen LogP contribution in [0.5, 0.6) is 0 Å². The van der Waals surface area contributed by atoms with E-state index in [9.17, 15) is 0 Å². The molecule has 5 saturated carbocycles. The second-order valence-corrected chi connectivity index (χ2v) is 9.08. The molecule has 1 nitrogen and oxygen atoms in total. The van der Waals surface area contributed by atoms with Crippen LogP contribution in [0.1, 0.15) is 6.42 Å². The summed E-state index contributed by atoms with van der Waals surface area (Å²) in [6.45, 7) is 0. The van der Waals surface area contributed by atoms with E-state index < -0.39 is 3.79 Å². The average molecular weight is 278 g/mol. The van der Waals surface area contributed by atoms with Gasteiger partial charge in [-0.15, -0.1) is 0 Å². The summed E-state index contributed by atoms with van der Waals surface area (Å²) in [6.07, 6.45) is 1.88. The summed E-state index contributed by atoms with van der Waals surface area (Å²) in [6, 6.07) is 0. The summed E-state index contributed by atoms with van der Waals surface area (Å²) in [5.74, 6) is 6.28. The summed E-state index contributed by atoms with van der Waals surface area (Å²) in [5.41, 5.74) is -0.380. The van der Waals surface area contributed by atoms with Crippen molar-refractivity contribution in [1.82, 2.24) is 0 Å². The SMILES string of the molecule is ClC(Cl)(Cl)[C@@]12O[C@H]3[C@H]4C1[C@H]1C[C@H]4[C@H]4[C@H]1C2[C@@H]34. The molecule has 10 atom stereocenters. The zero-order valence-corrected chi connectivity index (χ0v) is 10.7. The Bertz CT molecular complexity index is 436. The lowest BCUT2D eigenvalue weighted by molar-refractivity contribution is -0.0275. The zero-order chi connectivity index (χ0) is 10.6. The van der Waals surface area contributed by atoms with Crippen molar-refractivity contribution in [2.75, 3.05) is 0 Å². The van der Waals surface area contributed by atoms with Gasteiger partial charge in [0.05, 0.1) is 6.10 Å². The molecule has 0 spiro atoms. The second kappa shape index (κ2) is 1.99. The fourth-order valence-electron chi connectivity index (χ4n) is 7.46. The molecular formula is C12H11Cl3O. The van der Waals surface area contributed by atoms with Gasteiger partial charge in [0.15, 0.2) is 0 Å². The molecule has 2 saturated heterocycles. The molecule has 7 fully saturated rings. The van der Waals surface area contributed by atoms with Gasteiger partial charge in [0, 0.05) is 11.8 Å². The van der Waals surface area contributed by atoms with Crippen LogP contribution in [-0.4, -0.2) is 15.5 Å². The van der Waals surface area contributed by atoms with Gasteiger partial charge in [0.25, 0.3) is 0 Å². The van der Waals surface area contributed by atoms with Gasteiger partial charge in [-0.1, -0.05) is 34.8 Å². The van der Waals surface area contributed by atoms with E-state index in [0.717, 1.165) is 35.5 Å². The van der Waals surface area contributed by atoms with Crippen LogP contribution in [0.15, 0.2) is 0 Å². The molecule has 0 aromatic rings. The van der Waals surface area contributed by atoms with Crippen LogP contribution < -0.4 is 0 Å². The van der Waals surface area contributed by atoms with E-state index in [4.69, 9.17) is 39.5 Å². The Hall–Kier alpha value is 0.830. The average Bonchev–Trinajstić information content (AvgIpc) is 2.68. The van der Waals surface area contributed by atoms with Crippen LogP contribution in [0, 0.1) is 47.3 Å². The molecule has 7 rings (SSSR count). The summed E-state index contributed by atoms with van der Waals surface area (Å²) >= 11 is 18.9. The standard InChI is InChI=1S/C12H11Cl3O/c13-12(14,15)11-8-3-1-2-4-5(3)9(11)7(4)10(16-11)6(2)8/h2-10H,1H2/t2-,3-,4-,5-,6+,7-,8?,9?,10-,11+/m0/s1. The van der Waals surface area contributed by atoms with Crippen LogP contribution in [0.25, 0.3) is 0 Å². The third-order valence-electron chi connectivity index (χ3n) is 7.14. The van der Waals surface area contributed by atoms with Gasteiger partial charge in [-0.25, -0.2) is 0 Å². The Balaban J connectivity index is 1.71. The first-order valence-corrected chi connectivity index (χ1v) is 7.45. The second-order valence-electron chi connectivity index (χ2n) is 6.80. The van der Waals surface area contributed by atoms with Crippen molar-refractivity contribution < 1.29 is 4.74 Å². The molecular weight excluding hydrogens is 266 g/mol. The monoisotopic (exact) mass is 276 g/mol. The molecule has 2 heterocycles. The van der Waals surface area contributed by atoms with Gasteiger partial charge >= 0.3 is 0 Å². The lowest BCUT2D eigenvalue weighted by Crippen LogP contribution is -2.54. The maximum Gasteiger partial charge on any atom is 0.219 e. The van der Waals surface area contributed by atoms with Crippen molar-refractivity contribution in [2.45, 2.75) is 21.9 Å². The van der Waals surface area contributed by atoms with Crippen LogP contribution in [-0.2, 0) is 4.74 Å². The molecule has 0 radical (unpaired) electrons. The van der Waals surface area contributed by atoms with Gasteiger partial charge in [-0.05, 0) is 41.9 Å². The molecule has 86 valence electrons. The van der Waals surface area contributed by atoms with E-state index in [2.05, 4.69) is 0 Å².